The van der Waals surface area contributed by atoms with Crippen molar-refractivity contribution in [2.75, 3.05) is 12.3 Å². The van der Waals surface area contributed by atoms with Crippen molar-refractivity contribution in [3.63, 3.8) is 0 Å². The van der Waals surface area contributed by atoms with Crippen molar-refractivity contribution in [1.29, 1.82) is 0 Å². The highest BCUT2D eigenvalue weighted by atomic mass is 35.5. The molecule has 8 heteroatoms. The highest BCUT2D eigenvalue weighted by molar-refractivity contribution is 7.99. The fourth-order valence-electron chi connectivity index (χ4n) is 3.08. The monoisotopic (exact) mass is 463 g/mol. The molecule has 0 aliphatic carbocycles. The number of hydrogen-bond donors (Lipinski definition) is 1. The maximum Gasteiger partial charge on any atom is 0.258 e. The van der Waals surface area contributed by atoms with Crippen molar-refractivity contribution in [3.05, 3.63) is 68.7 Å². The van der Waals surface area contributed by atoms with E-state index in [1.807, 2.05) is 31.2 Å². The van der Waals surface area contributed by atoms with Crippen LogP contribution >= 0.6 is 35.0 Å². The van der Waals surface area contributed by atoms with Crippen molar-refractivity contribution in [1.82, 2.24) is 14.9 Å². The van der Waals surface area contributed by atoms with Gasteiger partial charge in [0.1, 0.15) is 5.82 Å². The molecular weight excluding hydrogens is 441 g/mol. The third-order valence-electron chi connectivity index (χ3n) is 4.52. The molecule has 3 aromatic rings. The van der Waals surface area contributed by atoms with Gasteiger partial charge in [0.15, 0.2) is 0 Å². The molecular formula is C22H23Cl2N3O2S. The molecule has 1 N–H and O–H groups in total. The molecule has 0 unspecified atom stereocenters. The van der Waals surface area contributed by atoms with E-state index in [2.05, 4.69) is 9.97 Å². The van der Waals surface area contributed by atoms with Crippen LogP contribution in [0.3, 0.4) is 0 Å². The second kappa shape index (κ2) is 10.8. The number of nitrogens with one attached hydrogen (secondary N) is 1. The third-order valence-corrected chi connectivity index (χ3v) is 6.11. The van der Waals surface area contributed by atoms with Crippen LogP contribution in [0.4, 0.5) is 0 Å². The van der Waals surface area contributed by atoms with Crippen LogP contribution in [0, 0.1) is 0 Å². The van der Waals surface area contributed by atoms with Crippen LogP contribution in [-0.2, 0) is 11.3 Å². The second-order valence-corrected chi connectivity index (χ2v) is 8.94. The lowest BCUT2D eigenvalue weighted by Gasteiger charge is -2.21. The molecule has 0 fully saturated rings. The van der Waals surface area contributed by atoms with Gasteiger partial charge < -0.3 is 9.88 Å². The van der Waals surface area contributed by atoms with E-state index in [1.54, 1.807) is 34.9 Å². The Labute approximate surface area is 189 Å². The lowest BCUT2D eigenvalue weighted by Crippen LogP contribution is -2.32. The SMILES string of the molecule is CCCN(Cc1nc2cc(Cl)ccc2c(=O)[nH]1)C(=O)CCCSc1ccc(Cl)cc1. The van der Waals surface area contributed by atoms with Crippen LogP contribution in [0.25, 0.3) is 10.9 Å². The van der Waals surface area contributed by atoms with E-state index in [0.29, 0.717) is 39.7 Å². The van der Waals surface area contributed by atoms with Gasteiger partial charge in [0, 0.05) is 27.9 Å². The van der Waals surface area contributed by atoms with Gasteiger partial charge in [0.05, 0.1) is 17.4 Å². The lowest BCUT2D eigenvalue weighted by atomic mass is 10.2. The van der Waals surface area contributed by atoms with Crippen molar-refractivity contribution in [2.24, 2.45) is 0 Å². The molecule has 0 atom stereocenters. The number of halogens is 2. The zero-order chi connectivity index (χ0) is 21.5. The van der Waals surface area contributed by atoms with Crippen molar-refractivity contribution >= 4 is 51.8 Å². The number of rotatable bonds is 9. The zero-order valence-electron chi connectivity index (χ0n) is 16.7. The molecule has 0 aliphatic rings. The predicted molar refractivity (Wildman–Crippen MR) is 124 cm³/mol. The molecule has 0 saturated heterocycles. The smallest absolute Gasteiger partial charge is 0.258 e. The quantitative estimate of drug-likeness (QED) is 0.334. The molecule has 158 valence electrons. The zero-order valence-corrected chi connectivity index (χ0v) is 19.0. The van der Waals surface area contributed by atoms with Gasteiger partial charge in [0.25, 0.3) is 5.56 Å². The molecule has 1 aromatic heterocycles. The van der Waals surface area contributed by atoms with Gasteiger partial charge in [-0.05, 0) is 61.1 Å². The van der Waals surface area contributed by atoms with E-state index in [-0.39, 0.29) is 18.0 Å². The van der Waals surface area contributed by atoms with Crippen LogP contribution in [0.15, 0.2) is 52.2 Å². The predicted octanol–water partition coefficient (Wildman–Crippen LogP) is 5.54. The second-order valence-electron chi connectivity index (χ2n) is 6.90. The Kier molecular flexibility index (Phi) is 8.19. The molecule has 3 rings (SSSR count). The molecule has 0 bridgehead atoms. The summed E-state index contributed by atoms with van der Waals surface area (Å²) in [5, 5.41) is 1.72. The molecule has 0 saturated carbocycles. The fourth-order valence-corrected chi connectivity index (χ4v) is 4.23. The summed E-state index contributed by atoms with van der Waals surface area (Å²) in [5.74, 6) is 1.37. The number of H-pyrrole nitrogens is 1. The maximum atomic E-state index is 12.8. The Morgan fingerprint density at radius 3 is 2.60 bits per heavy atom. The number of thioether (sulfide) groups is 1. The molecule has 1 heterocycles. The maximum absolute atomic E-state index is 12.8. The van der Waals surface area contributed by atoms with Crippen LogP contribution in [0.1, 0.15) is 32.0 Å². The van der Waals surface area contributed by atoms with Crippen LogP contribution in [0.2, 0.25) is 10.0 Å². The van der Waals surface area contributed by atoms with Crippen molar-refractivity contribution < 1.29 is 4.79 Å². The normalized spacial score (nSPS) is 11.0. The number of fused-ring (bicyclic) bond motifs is 1. The number of hydrogen-bond acceptors (Lipinski definition) is 4. The Hall–Kier alpha value is -2.02. The van der Waals surface area contributed by atoms with E-state index in [4.69, 9.17) is 23.2 Å². The summed E-state index contributed by atoms with van der Waals surface area (Å²) >= 11 is 13.6. The van der Waals surface area contributed by atoms with Crippen molar-refractivity contribution in [3.8, 4) is 0 Å². The molecule has 0 spiro atoms. The summed E-state index contributed by atoms with van der Waals surface area (Å²) < 4.78 is 0. The number of benzene rings is 2. The first kappa shape index (κ1) is 22.7. The summed E-state index contributed by atoms with van der Waals surface area (Å²) in [6, 6.07) is 12.7. The Morgan fingerprint density at radius 2 is 1.87 bits per heavy atom. The van der Waals surface area contributed by atoms with E-state index in [0.717, 1.165) is 23.5 Å². The Morgan fingerprint density at radius 1 is 1.13 bits per heavy atom. The van der Waals surface area contributed by atoms with E-state index >= 15 is 0 Å². The summed E-state index contributed by atoms with van der Waals surface area (Å²) in [6.07, 6.45) is 2.04. The van der Waals surface area contributed by atoms with Gasteiger partial charge in [-0.25, -0.2) is 4.98 Å². The Bertz CT molecular complexity index is 1070. The highest BCUT2D eigenvalue weighted by Crippen LogP contribution is 2.22. The summed E-state index contributed by atoms with van der Waals surface area (Å²) in [7, 11) is 0. The average molecular weight is 464 g/mol. The van der Waals surface area contributed by atoms with Gasteiger partial charge in [-0.2, -0.15) is 0 Å². The van der Waals surface area contributed by atoms with Gasteiger partial charge in [0.2, 0.25) is 5.91 Å². The number of carbonyl (C=O) groups excluding carboxylic acids is 1. The van der Waals surface area contributed by atoms with Crippen LogP contribution in [0.5, 0.6) is 0 Å². The first-order valence-electron chi connectivity index (χ1n) is 9.81. The minimum atomic E-state index is -0.227. The minimum Gasteiger partial charge on any atom is -0.335 e. The van der Waals surface area contributed by atoms with Crippen LogP contribution in [-0.4, -0.2) is 33.1 Å². The summed E-state index contributed by atoms with van der Waals surface area (Å²) in [6.45, 7) is 2.90. The fraction of sp³-hybridized carbons (Fsp3) is 0.318. The topological polar surface area (TPSA) is 66.1 Å². The first-order valence-corrected chi connectivity index (χ1v) is 11.5. The van der Waals surface area contributed by atoms with Gasteiger partial charge >= 0.3 is 0 Å². The standard InChI is InChI=1S/C22H23Cl2N3O2S/c1-2-11-27(21(28)4-3-12-30-17-8-5-15(23)6-9-17)14-20-25-19-13-16(24)7-10-18(19)22(29)26-20/h5-10,13H,2-4,11-12,14H2,1H3,(H,25,26,29). The van der Waals surface area contributed by atoms with Gasteiger partial charge in [-0.15, -0.1) is 11.8 Å². The molecule has 30 heavy (non-hydrogen) atoms. The van der Waals surface area contributed by atoms with Crippen LogP contribution < -0.4 is 5.56 Å². The van der Waals surface area contributed by atoms with E-state index in [1.165, 1.54) is 0 Å². The van der Waals surface area contributed by atoms with E-state index < -0.39 is 0 Å². The molecule has 2 aromatic carbocycles. The number of amides is 1. The lowest BCUT2D eigenvalue weighted by molar-refractivity contribution is -0.132. The van der Waals surface area contributed by atoms with E-state index in [9.17, 15) is 9.59 Å². The average Bonchev–Trinajstić information content (AvgIpc) is 2.71. The van der Waals surface area contributed by atoms with Crippen molar-refractivity contribution in [2.45, 2.75) is 37.6 Å². The number of aromatic nitrogens is 2. The number of nitrogens with zero attached hydrogens (tertiary/aromatic N) is 2. The third kappa shape index (κ3) is 6.24. The van der Waals surface area contributed by atoms with Gasteiger partial charge in [-0.3, -0.25) is 9.59 Å². The molecule has 0 radical (unpaired) electrons. The molecule has 0 aliphatic heterocycles. The molecule has 1 amide bonds. The summed E-state index contributed by atoms with van der Waals surface area (Å²) in [5.41, 5.74) is 0.305. The summed E-state index contributed by atoms with van der Waals surface area (Å²) in [4.78, 5) is 35.3. The minimum absolute atomic E-state index is 0.0578. The Balaban J connectivity index is 1.60. The number of aromatic amines is 1. The highest BCUT2D eigenvalue weighted by Gasteiger charge is 2.15. The van der Waals surface area contributed by atoms with Gasteiger partial charge in [-0.1, -0.05) is 30.1 Å². The number of carbonyl (C=O) groups is 1. The largest absolute Gasteiger partial charge is 0.335 e. The first-order chi connectivity index (χ1) is 14.5. The molecule has 5 nitrogen and oxygen atoms in total.